The molecular formula is C10H17ClN2. The van der Waals surface area contributed by atoms with Gasteiger partial charge in [-0.25, -0.2) is 0 Å². The zero-order chi connectivity index (χ0) is 9.68. The van der Waals surface area contributed by atoms with E-state index in [4.69, 9.17) is 11.6 Å². The third-order valence-electron chi connectivity index (χ3n) is 2.24. The van der Waals surface area contributed by atoms with Crippen LogP contribution in [-0.4, -0.2) is 15.2 Å². The first-order chi connectivity index (χ1) is 6.24. The summed E-state index contributed by atoms with van der Waals surface area (Å²) in [6, 6.07) is 2.05. The van der Waals surface area contributed by atoms with Crippen molar-refractivity contribution in [1.29, 1.82) is 0 Å². The van der Waals surface area contributed by atoms with Crippen LogP contribution in [0.25, 0.3) is 0 Å². The molecule has 1 aromatic heterocycles. The van der Waals surface area contributed by atoms with Gasteiger partial charge in [-0.1, -0.05) is 13.3 Å². The molecule has 1 aromatic rings. The van der Waals surface area contributed by atoms with E-state index in [0.29, 0.717) is 5.38 Å². The molecule has 1 atom stereocenters. The molecule has 1 rings (SSSR count). The maximum absolute atomic E-state index is 6.12. The van der Waals surface area contributed by atoms with Crippen LogP contribution in [0.15, 0.2) is 12.3 Å². The molecule has 0 aliphatic carbocycles. The van der Waals surface area contributed by atoms with Crippen molar-refractivity contribution in [3.8, 4) is 0 Å². The zero-order valence-corrected chi connectivity index (χ0v) is 9.09. The summed E-state index contributed by atoms with van der Waals surface area (Å²) in [4.78, 5) is 0. The highest BCUT2D eigenvalue weighted by molar-refractivity contribution is 6.20. The first-order valence-corrected chi connectivity index (χ1v) is 5.28. The number of nitrogens with zero attached hydrogens (tertiary/aromatic N) is 2. The molecule has 1 unspecified atom stereocenters. The topological polar surface area (TPSA) is 17.8 Å². The number of rotatable bonds is 5. The van der Waals surface area contributed by atoms with E-state index < -0.39 is 0 Å². The first kappa shape index (κ1) is 10.6. The SMILES string of the molecule is CCCC(Cl)CCc1ccnn1C. The Kier molecular flexibility index (Phi) is 4.29. The molecule has 0 spiro atoms. The maximum Gasteiger partial charge on any atom is 0.0492 e. The number of alkyl halides is 1. The molecule has 0 saturated heterocycles. The maximum atomic E-state index is 6.12. The summed E-state index contributed by atoms with van der Waals surface area (Å²) in [5, 5.41) is 4.43. The van der Waals surface area contributed by atoms with Gasteiger partial charge in [-0.3, -0.25) is 4.68 Å². The van der Waals surface area contributed by atoms with Crippen LogP contribution in [-0.2, 0) is 13.5 Å². The van der Waals surface area contributed by atoms with Gasteiger partial charge in [0.25, 0.3) is 0 Å². The summed E-state index contributed by atoms with van der Waals surface area (Å²) in [5.41, 5.74) is 1.27. The molecule has 0 aliphatic rings. The van der Waals surface area contributed by atoms with Gasteiger partial charge in [-0.15, -0.1) is 11.6 Å². The van der Waals surface area contributed by atoms with Gasteiger partial charge in [0.1, 0.15) is 0 Å². The minimum absolute atomic E-state index is 0.319. The van der Waals surface area contributed by atoms with Crippen LogP contribution in [0.5, 0.6) is 0 Å². The Bertz CT molecular complexity index is 245. The van der Waals surface area contributed by atoms with Crippen molar-refractivity contribution in [3.05, 3.63) is 18.0 Å². The lowest BCUT2D eigenvalue weighted by molar-refractivity contribution is 0.636. The van der Waals surface area contributed by atoms with Gasteiger partial charge in [0.2, 0.25) is 0 Å². The smallest absolute Gasteiger partial charge is 0.0492 e. The average molecular weight is 201 g/mol. The van der Waals surface area contributed by atoms with E-state index in [1.807, 2.05) is 17.9 Å². The Hall–Kier alpha value is -0.500. The summed E-state index contributed by atoms with van der Waals surface area (Å²) in [7, 11) is 1.97. The molecule has 0 aromatic carbocycles. The number of aryl methyl sites for hydroxylation is 2. The molecule has 0 fully saturated rings. The van der Waals surface area contributed by atoms with E-state index in [-0.39, 0.29) is 0 Å². The predicted octanol–water partition coefficient (Wildman–Crippen LogP) is 2.76. The molecule has 0 N–H and O–H groups in total. The molecular weight excluding hydrogens is 184 g/mol. The van der Waals surface area contributed by atoms with Crippen molar-refractivity contribution in [2.75, 3.05) is 0 Å². The monoisotopic (exact) mass is 200 g/mol. The van der Waals surface area contributed by atoms with E-state index in [1.54, 1.807) is 0 Å². The standard InChI is InChI=1S/C10H17ClN2/c1-3-4-9(11)5-6-10-7-8-12-13(10)2/h7-9H,3-6H2,1-2H3. The van der Waals surface area contributed by atoms with Crippen LogP contribution < -0.4 is 0 Å². The number of halogens is 1. The van der Waals surface area contributed by atoms with Crippen molar-refractivity contribution < 1.29 is 0 Å². The molecule has 1 heterocycles. The summed E-state index contributed by atoms with van der Waals surface area (Å²) < 4.78 is 1.91. The minimum atomic E-state index is 0.319. The van der Waals surface area contributed by atoms with E-state index in [1.165, 1.54) is 12.1 Å². The van der Waals surface area contributed by atoms with Gasteiger partial charge in [0.05, 0.1) is 0 Å². The normalized spacial score (nSPS) is 13.2. The van der Waals surface area contributed by atoms with Gasteiger partial charge >= 0.3 is 0 Å². The van der Waals surface area contributed by atoms with Crippen LogP contribution in [0.1, 0.15) is 31.9 Å². The molecule has 13 heavy (non-hydrogen) atoms. The second-order valence-corrected chi connectivity index (χ2v) is 3.99. The third kappa shape index (κ3) is 3.39. The molecule has 0 aliphatic heterocycles. The van der Waals surface area contributed by atoms with Crippen LogP contribution in [0.2, 0.25) is 0 Å². The Morgan fingerprint density at radius 3 is 2.85 bits per heavy atom. The molecule has 74 valence electrons. The summed E-state index contributed by atoms with van der Waals surface area (Å²) in [6.07, 6.45) is 6.19. The minimum Gasteiger partial charge on any atom is -0.273 e. The fraction of sp³-hybridized carbons (Fsp3) is 0.700. The van der Waals surface area contributed by atoms with Gasteiger partial charge in [0, 0.05) is 24.3 Å². The molecule has 0 radical (unpaired) electrons. The van der Waals surface area contributed by atoms with Crippen molar-refractivity contribution >= 4 is 11.6 Å². The Balaban J connectivity index is 2.30. The van der Waals surface area contributed by atoms with Crippen molar-refractivity contribution in [2.24, 2.45) is 7.05 Å². The molecule has 0 amide bonds. The number of hydrogen-bond acceptors (Lipinski definition) is 1. The zero-order valence-electron chi connectivity index (χ0n) is 8.33. The van der Waals surface area contributed by atoms with Crippen molar-refractivity contribution in [1.82, 2.24) is 9.78 Å². The summed E-state index contributed by atoms with van der Waals surface area (Å²) in [5.74, 6) is 0. The number of hydrogen-bond donors (Lipinski definition) is 0. The van der Waals surface area contributed by atoms with Gasteiger partial charge in [0.15, 0.2) is 0 Å². The molecule has 0 saturated carbocycles. The quantitative estimate of drug-likeness (QED) is 0.669. The van der Waals surface area contributed by atoms with Crippen molar-refractivity contribution in [3.63, 3.8) is 0 Å². The summed E-state index contributed by atoms with van der Waals surface area (Å²) in [6.45, 7) is 2.17. The Labute approximate surface area is 84.9 Å². The van der Waals surface area contributed by atoms with E-state index in [2.05, 4.69) is 18.1 Å². The molecule has 2 nitrogen and oxygen atoms in total. The van der Waals surface area contributed by atoms with Crippen LogP contribution in [0, 0.1) is 0 Å². The highest BCUT2D eigenvalue weighted by Crippen LogP contribution is 2.13. The fourth-order valence-electron chi connectivity index (χ4n) is 1.41. The molecule has 3 heteroatoms. The number of aromatic nitrogens is 2. The summed E-state index contributed by atoms with van der Waals surface area (Å²) >= 11 is 6.12. The van der Waals surface area contributed by atoms with E-state index in [0.717, 1.165) is 19.3 Å². The largest absolute Gasteiger partial charge is 0.273 e. The fourth-order valence-corrected chi connectivity index (χ4v) is 1.74. The van der Waals surface area contributed by atoms with E-state index >= 15 is 0 Å². The molecule has 0 bridgehead atoms. The Morgan fingerprint density at radius 2 is 2.31 bits per heavy atom. The third-order valence-corrected chi connectivity index (χ3v) is 2.67. The second-order valence-electron chi connectivity index (χ2n) is 3.37. The lowest BCUT2D eigenvalue weighted by atomic mass is 10.1. The highest BCUT2D eigenvalue weighted by Gasteiger charge is 2.05. The van der Waals surface area contributed by atoms with Crippen LogP contribution in [0.4, 0.5) is 0 Å². The highest BCUT2D eigenvalue weighted by atomic mass is 35.5. The van der Waals surface area contributed by atoms with Gasteiger partial charge in [-0.05, 0) is 25.3 Å². The van der Waals surface area contributed by atoms with Crippen LogP contribution in [0.3, 0.4) is 0 Å². The average Bonchev–Trinajstić information content (AvgIpc) is 2.48. The Morgan fingerprint density at radius 1 is 1.54 bits per heavy atom. The van der Waals surface area contributed by atoms with Crippen LogP contribution >= 0.6 is 11.6 Å². The van der Waals surface area contributed by atoms with Crippen molar-refractivity contribution in [2.45, 2.75) is 38.0 Å². The lowest BCUT2D eigenvalue weighted by Gasteiger charge is -2.07. The second kappa shape index (κ2) is 5.28. The van der Waals surface area contributed by atoms with Gasteiger partial charge in [-0.2, -0.15) is 5.10 Å². The van der Waals surface area contributed by atoms with Gasteiger partial charge < -0.3 is 0 Å². The lowest BCUT2D eigenvalue weighted by Crippen LogP contribution is -2.04. The van der Waals surface area contributed by atoms with E-state index in [9.17, 15) is 0 Å². The first-order valence-electron chi connectivity index (χ1n) is 4.85. The predicted molar refractivity (Wildman–Crippen MR) is 56.1 cm³/mol.